The van der Waals surface area contributed by atoms with Gasteiger partial charge in [0.2, 0.25) is 0 Å². The molecule has 0 aliphatic carbocycles. The van der Waals surface area contributed by atoms with Crippen LogP contribution in [0.4, 0.5) is 4.79 Å². The van der Waals surface area contributed by atoms with Crippen LogP contribution in [0.3, 0.4) is 0 Å². The highest BCUT2D eigenvalue weighted by molar-refractivity contribution is 7.09. The molecule has 0 radical (unpaired) electrons. The lowest BCUT2D eigenvalue weighted by molar-refractivity contribution is -0.140. The summed E-state index contributed by atoms with van der Waals surface area (Å²) in [7, 11) is 0. The van der Waals surface area contributed by atoms with Gasteiger partial charge in [0.25, 0.3) is 0 Å². The summed E-state index contributed by atoms with van der Waals surface area (Å²) >= 11 is 1.46. The molecule has 1 aromatic rings. The van der Waals surface area contributed by atoms with Gasteiger partial charge >= 0.3 is 12.0 Å². The number of aryl methyl sites for hydroxylation is 1. The molecule has 0 spiro atoms. The van der Waals surface area contributed by atoms with Gasteiger partial charge in [-0.1, -0.05) is 20.3 Å². The van der Waals surface area contributed by atoms with Gasteiger partial charge in [-0.3, -0.25) is 0 Å². The second-order valence-electron chi connectivity index (χ2n) is 4.39. The Bertz CT molecular complexity index is 447. The fourth-order valence-corrected chi connectivity index (χ4v) is 2.25. The minimum atomic E-state index is -1.02. The number of carbonyl (C=O) groups is 2. The van der Waals surface area contributed by atoms with E-state index in [1.165, 1.54) is 11.3 Å². The van der Waals surface area contributed by atoms with Gasteiger partial charge in [-0.25, -0.2) is 14.6 Å². The predicted octanol–water partition coefficient (Wildman–Crippen LogP) is 1.75. The van der Waals surface area contributed by atoms with Crippen molar-refractivity contribution in [2.75, 3.05) is 0 Å². The summed E-state index contributed by atoms with van der Waals surface area (Å²) in [6.07, 6.45) is 0.686. The number of nitrogens with one attached hydrogen (secondary N) is 2. The third-order valence-corrected chi connectivity index (χ3v) is 3.96. The molecule has 1 rings (SSSR count). The standard InChI is InChI=1S/C12H19N3O3S/c1-4-7(2)10(11(16)17)15-12(18)13-5-9-8(3)14-6-19-9/h6-7,10H,4-5H2,1-3H3,(H,16,17)(H2,13,15,18)/t7?,10-/m0/s1. The Hall–Kier alpha value is -1.63. The first-order valence-corrected chi connectivity index (χ1v) is 6.99. The van der Waals surface area contributed by atoms with Crippen LogP contribution < -0.4 is 10.6 Å². The lowest BCUT2D eigenvalue weighted by Gasteiger charge is -2.20. The summed E-state index contributed by atoms with van der Waals surface area (Å²) in [5, 5.41) is 14.2. The van der Waals surface area contributed by atoms with Crippen molar-refractivity contribution in [1.29, 1.82) is 0 Å². The largest absolute Gasteiger partial charge is 0.480 e. The van der Waals surface area contributed by atoms with Crippen LogP contribution in [0.2, 0.25) is 0 Å². The number of rotatable bonds is 6. The molecule has 19 heavy (non-hydrogen) atoms. The molecule has 0 bridgehead atoms. The molecule has 0 fully saturated rings. The van der Waals surface area contributed by atoms with Crippen molar-refractivity contribution < 1.29 is 14.7 Å². The van der Waals surface area contributed by atoms with Crippen LogP contribution in [-0.2, 0) is 11.3 Å². The number of hydrogen-bond donors (Lipinski definition) is 3. The molecule has 1 unspecified atom stereocenters. The highest BCUT2D eigenvalue weighted by Gasteiger charge is 2.25. The van der Waals surface area contributed by atoms with Gasteiger partial charge in [-0.15, -0.1) is 11.3 Å². The molecular weight excluding hydrogens is 266 g/mol. The third-order valence-electron chi connectivity index (χ3n) is 3.02. The van der Waals surface area contributed by atoms with Crippen LogP contribution in [0, 0.1) is 12.8 Å². The van der Waals surface area contributed by atoms with E-state index in [4.69, 9.17) is 5.11 Å². The van der Waals surface area contributed by atoms with Crippen LogP contribution >= 0.6 is 11.3 Å². The summed E-state index contributed by atoms with van der Waals surface area (Å²) < 4.78 is 0. The van der Waals surface area contributed by atoms with Crippen LogP contribution in [0.5, 0.6) is 0 Å². The van der Waals surface area contributed by atoms with Gasteiger partial charge in [0.1, 0.15) is 6.04 Å². The highest BCUT2D eigenvalue weighted by Crippen LogP contribution is 2.11. The topological polar surface area (TPSA) is 91.3 Å². The Morgan fingerprint density at radius 1 is 1.53 bits per heavy atom. The maximum atomic E-state index is 11.7. The zero-order valence-corrected chi connectivity index (χ0v) is 12.1. The van der Waals surface area contributed by atoms with Gasteiger partial charge in [-0.05, 0) is 12.8 Å². The number of amides is 2. The third kappa shape index (κ3) is 4.51. The van der Waals surface area contributed by atoms with Crippen molar-refractivity contribution in [1.82, 2.24) is 15.6 Å². The van der Waals surface area contributed by atoms with E-state index in [9.17, 15) is 9.59 Å². The van der Waals surface area contributed by atoms with Crippen molar-refractivity contribution in [2.24, 2.45) is 5.92 Å². The van der Waals surface area contributed by atoms with E-state index >= 15 is 0 Å². The van der Waals surface area contributed by atoms with Gasteiger partial charge < -0.3 is 15.7 Å². The van der Waals surface area contributed by atoms with Crippen LogP contribution in [0.25, 0.3) is 0 Å². The molecule has 0 saturated carbocycles. The first-order valence-electron chi connectivity index (χ1n) is 6.11. The fraction of sp³-hybridized carbons (Fsp3) is 0.583. The number of aromatic nitrogens is 1. The number of aliphatic carboxylic acids is 1. The minimum absolute atomic E-state index is 0.117. The number of hydrogen-bond acceptors (Lipinski definition) is 4. The first-order chi connectivity index (χ1) is 8.95. The van der Waals surface area contributed by atoms with Crippen LogP contribution in [0.1, 0.15) is 30.8 Å². The van der Waals surface area contributed by atoms with E-state index < -0.39 is 18.0 Å². The number of carboxylic acid groups (broad SMARTS) is 1. The van der Waals surface area contributed by atoms with E-state index in [0.717, 1.165) is 10.6 Å². The predicted molar refractivity (Wildman–Crippen MR) is 73.1 cm³/mol. The van der Waals surface area contributed by atoms with Crippen LogP contribution in [-0.4, -0.2) is 28.1 Å². The minimum Gasteiger partial charge on any atom is -0.480 e. The van der Waals surface area contributed by atoms with E-state index in [1.807, 2.05) is 13.8 Å². The van der Waals surface area contributed by atoms with E-state index in [-0.39, 0.29) is 5.92 Å². The number of carbonyl (C=O) groups excluding carboxylic acids is 1. The number of urea groups is 1. The summed E-state index contributed by atoms with van der Waals surface area (Å²) in [4.78, 5) is 27.8. The molecule has 2 atom stereocenters. The van der Waals surface area contributed by atoms with Crippen LogP contribution in [0.15, 0.2) is 5.51 Å². The first kappa shape index (κ1) is 15.4. The molecule has 0 saturated heterocycles. The molecule has 0 aromatic carbocycles. The Balaban J connectivity index is 2.49. The van der Waals surface area contributed by atoms with Gasteiger partial charge in [0.15, 0.2) is 0 Å². The summed E-state index contributed by atoms with van der Waals surface area (Å²) in [6, 6.07) is -1.34. The molecule has 1 heterocycles. The molecule has 6 nitrogen and oxygen atoms in total. The lowest BCUT2D eigenvalue weighted by Crippen LogP contribution is -2.48. The van der Waals surface area contributed by atoms with Gasteiger partial charge in [0, 0.05) is 4.88 Å². The monoisotopic (exact) mass is 285 g/mol. The van der Waals surface area contributed by atoms with Gasteiger partial charge in [-0.2, -0.15) is 0 Å². The summed E-state index contributed by atoms with van der Waals surface area (Å²) in [6.45, 7) is 5.91. The second-order valence-corrected chi connectivity index (χ2v) is 5.33. The molecule has 106 valence electrons. The zero-order valence-electron chi connectivity index (χ0n) is 11.3. The second kappa shape index (κ2) is 7.08. The maximum absolute atomic E-state index is 11.7. The molecular formula is C12H19N3O3S. The smallest absolute Gasteiger partial charge is 0.326 e. The Kier molecular flexibility index (Phi) is 5.75. The number of thiazole rings is 1. The van der Waals surface area contributed by atoms with Crippen molar-refractivity contribution in [3.05, 3.63) is 16.1 Å². The van der Waals surface area contributed by atoms with Crippen molar-refractivity contribution in [3.63, 3.8) is 0 Å². The fourth-order valence-electron chi connectivity index (χ4n) is 1.53. The van der Waals surface area contributed by atoms with Crippen molar-refractivity contribution in [3.8, 4) is 0 Å². The molecule has 2 amide bonds. The van der Waals surface area contributed by atoms with E-state index in [1.54, 1.807) is 12.4 Å². The quantitative estimate of drug-likeness (QED) is 0.742. The SMILES string of the molecule is CCC(C)[C@H](NC(=O)NCc1scnc1C)C(=O)O. The summed E-state index contributed by atoms with van der Waals surface area (Å²) in [5.41, 5.74) is 2.59. The van der Waals surface area contributed by atoms with Crippen molar-refractivity contribution >= 4 is 23.3 Å². The normalized spacial score (nSPS) is 13.6. The number of nitrogens with zero attached hydrogens (tertiary/aromatic N) is 1. The average Bonchev–Trinajstić information content (AvgIpc) is 2.77. The van der Waals surface area contributed by atoms with Gasteiger partial charge in [0.05, 0.1) is 17.7 Å². The maximum Gasteiger partial charge on any atom is 0.326 e. The molecule has 7 heteroatoms. The molecule has 3 N–H and O–H groups in total. The molecule has 1 aromatic heterocycles. The Morgan fingerprint density at radius 2 is 2.21 bits per heavy atom. The summed E-state index contributed by atoms with van der Waals surface area (Å²) in [5.74, 6) is -1.13. The molecule has 0 aliphatic rings. The van der Waals surface area contributed by atoms with E-state index in [0.29, 0.717) is 13.0 Å². The Morgan fingerprint density at radius 3 is 2.68 bits per heavy atom. The van der Waals surface area contributed by atoms with E-state index in [2.05, 4.69) is 15.6 Å². The number of carboxylic acids is 1. The lowest BCUT2D eigenvalue weighted by atomic mass is 9.99. The molecule has 0 aliphatic heterocycles. The Labute approximate surface area is 116 Å². The average molecular weight is 285 g/mol. The van der Waals surface area contributed by atoms with Crippen molar-refractivity contribution in [2.45, 2.75) is 39.8 Å². The zero-order chi connectivity index (χ0) is 14.4. The highest BCUT2D eigenvalue weighted by atomic mass is 32.1.